The number of fused-ring (bicyclic) bond motifs is 3. The summed E-state index contributed by atoms with van der Waals surface area (Å²) in [5.41, 5.74) is 2.51. The minimum absolute atomic E-state index is 0.118. The summed E-state index contributed by atoms with van der Waals surface area (Å²) in [5, 5.41) is 4.91. The van der Waals surface area contributed by atoms with Crippen molar-refractivity contribution in [2.75, 3.05) is 25.5 Å². The number of anilines is 1. The number of carbonyl (C=O) groups excluding carboxylic acids is 2. The number of piperidine rings is 1. The number of hydrogen-bond donors (Lipinski definition) is 1. The molecule has 0 bridgehead atoms. The second-order valence-electron chi connectivity index (χ2n) is 7.74. The Morgan fingerprint density at radius 2 is 2.00 bits per heavy atom. The fourth-order valence-electron chi connectivity index (χ4n) is 4.20. The van der Waals surface area contributed by atoms with Gasteiger partial charge in [-0.25, -0.2) is 0 Å². The maximum Gasteiger partial charge on any atom is 0.257 e. The van der Waals surface area contributed by atoms with Crippen LogP contribution in [0.5, 0.6) is 5.75 Å². The topological polar surface area (TPSA) is 84.9 Å². The Morgan fingerprint density at radius 3 is 2.81 bits per heavy atom. The third-order valence-electron chi connectivity index (χ3n) is 5.80. The van der Waals surface area contributed by atoms with E-state index in [9.17, 15) is 9.59 Å². The Balaban J connectivity index is 1.38. The molecule has 7 heteroatoms. The number of hydrogen-bond acceptors (Lipinski definition) is 5. The monoisotopic (exact) mass is 418 g/mol. The number of amides is 2. The molecule has 5 rings (SSSR count). The van der Waals surface area contributed by atoms with Crippen LogP contribution in [0.2, 0.25) is 0 Å². The van der Waals surface area contributed by atoms with Crippen molar-refractivity contribution in [3.63, 3.8) is 0 Å². The van der Waals surface area contributed by atoms with Gasteiger partial charge in [0.1, 0.15) is 23.2 Å². The molecule has 0 saturated carbocycles. The Hall–Kier alpha value is -3.74. The van der Waals surface area contributed by atoms with E-state index >= 15 is 0 Å². The summed E-state index contributed by atoms with van der Waals surface area (Å²) >= 11 is 0. The zero-order valence-electron chi connectivity index (χ0n) is 17.1. The van der Waals surface area contributed by atoms with Gasteiger partial charge in [0.05, 0.1) is 30.5 Å². The van der Waals surface area contributed by atoms with E-state index in [1.54, 1.807) is 24.1 Å². The average Bonchev–Trinajstić information content (AvgIpc) is 3.46. The van der Waals surface area contributed by atoms with Gasteiger partial charge in [-0.15, -0.1) is 0 Å². The van der Waals surface area contributed by atoms with Gasteiger partial charge in [0.15, 0.2) is 0 Å². The lowest BCUT2D eigenvalue weighted by Gasteiger charge is -2.31. The van der Waals surface area contributed by atoms with Gasteiger partial charge >= 0.3 is 0 Å². The summed E-state index contributed by atoms with van der Waals surface area (Å²) in [6.07, 6.45) is 4.39. The molecule has 158 valence electrons. The highest BCUT2D eigenvalue weighted by molar-refractivity contribution is 6.08. The van der Waals surface area contributed by atoms with Crippen LogP contribution in [-0.2, 0) is 4.79 Å². The van der Waals surface area contributed by atoms with Crippen LogP contribution in [0.3, 0.4) is 0 Å². The van der Waals surface area contributed by atoms with E-state index in [0.29, 0.717) is 35.7 Å². The highest BCUT2D eigenvalue weighted by atomic mass is 16.5. The number of nitrogens with one attached hydrogen (secondary N) is 1. The molecule has 4 aromatic rings. The second kappa shape index (κ2) is 7.83. The predicted octanol–water partition coefficient (Wildman–Crippen LogP) is 4.68. The number of rotatable bonds is 4. The summed E-state index contributed by atoms with van der Waals surface area (Å²) in [6.45, 7) is 0.993. The van der Waals surface area contributed by atoms with Crippen molar-refractivity contribution in [2.45, 2.75) is 12.8 Å². The highest BCUT2D eigenvalue weighted by Crippen LogP contribution is 2.36. The van der Waals surface area contributed by atoms with Gasteiger partial charge in [0.2, 0.25) is 5.91 Å². The third-order valence-corrected chi connectivity index (χ3v) is 5.80. The molecule has 31 heavy (non-hydrogen) atoms. The lowest BCUT2D eigenvalue weighted by atomic mass is 9.96. The first-order valence-electron chi connectivity index (χ1n) is 10.3. The molecule has 3 heterocycles. The molecule has 2 aromatic heterocycles. The van der Waals surface area contributed by atoms with Crippen LogP contribution in [-0.4, -0.2) is 36.9 Å². The first-order chi connectivity index (χ1) is 15.1. The molecule has 1 saturated heterocycles. The Bertz CT molecular complexity index is 1260. The molecular weight excluding hydrogens is 396 g/mol. The Morgan fingerprint density at radius 1 is 1.13 bits per heavy atom. The van der Waals surface area contributed by atoms with E-state index in [2.05, 4.69) is 5.32 Å². The average molecular weight is 418 g/mol. The van der Waals surface area contributed by atoms with Gasteiger partial charge in [-0.05, 0) is 31.0 Å². The number of benzene rings is 2. The molecule has 1 aliphatic rings. The van der Waals surface area contributed by atoms with Crippen LogP contribution in [0.1, 0.15) is 23.2 Å². The molecule has 1 unspecified atom stereocenters. The van der Waals surface area contributed by atoms with E-state index < -0.39 is 0 Å². The predicted molar refractivity (Wildman–Crippen MR) is 116 cm³/mol. The maximum absolute atomic E-state index is 13.0. The summed E-state index contributed by atoms with van der Waals surface area (Å²) in [6, 6.07) is 13.1. The summed E-state index contributed by atoms with van der Waals surface area (Å²) in [7, 11) is 1.57. The molecule has 0 aliphatic carbocycles. The standard InChI is InChI=1S/C24H22N2O5/c1-29-22-11-18-17-6-2-3-7-20(17)31-21(18)12-19(22)25-23(27)15-5-4-9-26(13-15)24(28)16-8-10-30-14-16/h2-3,6-8,10-12,14-15H,4-5,9,13H2,1H3,(H,25,27). The van der Waals surface area contributed by atoms with Crippen molar-refractivity contribution in [3.8, 4) is 5.75 Å². The smallest absolute Gasteiger partial charge is 0.257 e. The minimum Gasteiger partial charge on any atom is -0.495 e. The lowest BCUT2D eigenvalue weighted by molar-refractivity contribution is -0.121. The van der Waals surface area contributed by atoms with Crippen molar-refractivity contribution < 1.29 is 23.2 Å². The fourth-order valence-corrected chi connectivity index (χ4v) is 4.20. The minimum atomic E-state index is -0.305. The fraction of sp³-hybridized carbons (Fsp3) is 0.250. The second-order valence-corrected chi connectivity index (χ2v) is 7.74. The van der Waals surface area contributed by atoms with E-state index in [0.717, 1.165) is 29.2 Å². The molecule has 0 radical (unpaired) electrons. The molecule has 1 fully saturated rings. The van der Waals surface area contributed by atoms with Crippen LogP contribution >= 0.6 is 0 Å². The van der Waals surface area contributed by atoms with E-state index in [4.69, 9.17) is 13.6 Å². The summed E-state index contributed by atoms with van der Waals surface area (Å²) < 4.78 is 16.5. The number of ether oxygens (including phenoxy) is 1. The molecule has 2 aromatic carbocycles. The zero-order valence-corrected chi connectivity index (χ0v) is 17.1. The normalized spacial score (nSPS) is 16.5. The molecule has 0 spiro atoms. The third kappa shape index (κ3) is 3.52. The van der Waals surface area contributed by atoms with Gasteiger partial charge in [0.25, 0.3) is 5.91 Å². The van der Waals surface area contributed by atoms with Gasteiger partial charge in [-0.2, -0.15) is 0 Å². The van der Waals surface area contributed by atoms with Crippen LogP contribution in [0, 0.1) is 5.92 Å². The Labute approximate surface area is 178 Å². The van der Waals surface area contributed by atoms with Gasteiger partial charge in [-0.1, -0.05) is 18.2 Å². The maximum atomic E-state index is 13.0. The SMILES string of the molecule is COc1cc2c(cc1NC(=O)C1CCCN(C(=O)c3ccoc3)C1)oc1ccccc12. The van der Waals surface area contributed by atoms with Crippen molar-refractivity contribution >= 4 is 39.4 Å². The first-order valence-corrected chi connectivity index (χ1v) is 10.3. The lowest BCUT2D eigenvalue weighted by Crippen LogP contribution is -2.43. The van der Waals surface area contributed by atoms with Crippen molar-refractivity contribution in [3.05, 3.63) is 60.6 Å². The number of para-hydroxylation sites is 1. The summed E-state index contributed by atoms with van der Waals surface area (Å²) in [4.78, 5) is 27.4. The quantitative estimate of drug-likeness (QED) is 0.520. The molecule has 2 amide bonds. The molecular formula is C24H22N2O5. The first kappa shape index (κ1) is 19.2. The van der Waals surface area contributed by atoms with Crippen LogP contribution in [0.25, 0.3) is 21.9 Å². The molecule has 7 nitrogen and oxygen atoms in total. The van der Waals surface area contributed by atoms with Gasteiger partial charge < -0.3 is 23.8 Å². The van der Waals surface area contributed by atoms with Crippen molar-refractivity contribution in [1.82, 2.24) is 4.90 Å². The number of carbonyl (C=O) groups is 2. The van der Waals surface area contributed by atoms with Crippen molar-refractivity contribution in [2.24, 2.45) is 5.92 Å². The number of nitrogens with zero attached hydrogens (tertiary/aromatic N) is 1. The number of likely N-dealkylation sites (tertiary alicyclic amines) is 1. The van der Waals surface area contributed by atoms with Gasteiger partial charge in [0, 0.05) is 29.9 Å². The Kier molecular flexibility index (Phi) is 4.86. The zero-order chi connectivity index (χ0) is 21.4. The number of methoxy groups -OCH3 is 1. The largest absolute Gasteiger partial charge is 0.495 e. The highest BCUT2D eigenvalue weighted by Gasteiger charge is 2.30. The van der Waals surface area contributed by atoms with Crippen LogP contribution in [0.4, 0.5) is 5.69 Å². The van der Waals surface area contributed by atoms with E-state index in [-0.39, 0.29) is 17.7 Å². The summed E-state index contributed by atoms with van der Waals surface area (Å²) in [5.74, 6) is 0.00111. The molecule has 1 N–H and O–H groups in total. The van der Waals surface area contributed by atoms with Crippen LogP contribution in [0.15, 0.2) is 63.8 Å². The van der Waals surface area contributed by atoms with E-state index in [1.165, 1.54) is 12.5 Å². The molecule has 1 atom stereocenters. The van der Waals surface area contributed by atoms with Gasteiger partial charge in [-0.3, -0.25) is 9.59 Å². The number of furan rings is 2. The van der Waals surface area contributed by atoms with E-state index in [1.807, 2.05) is 30.3 Å². The van der Waals surface area contributed by atoms with Crippen molar-refractivity contribution in [1.29, 1.82) is 0 Å². The van der Waals surface area contributed by atoms with Crippen LogP contribution < -0.4 is 10.1 Å². The molecule has 1 aliphatic heterocycles.